The molecule has 0 heterocycles. The first-order valence-corrected chi connectivity index (χ1v) is 3.51. The second kappa shape index (κ2) is 5.80. The predicted octanol–water partition coefficient (Wildman–Crippen LogP) is 1.73. The van der Waals surface area contributed by atoms with Crippen LogP contribution in [0, 0.1) is 0 Å². The average Bonchev–Trinajstić information content (AvgIpc) is 1.88. The van der Waals surface area contributed by atoms with Crippen LogP contribution >= 0.6 is 11.6 Å². The molecule has 0 radical (unpaired) electrons. The van der Waals surface area contributed by atoms with Gasteiger partial charge in [0.2, 0.25) is 6.08 Å². The zero-order valence-electron chi connectivity index (χ0n) is 5.43. The van der Waals surface area contributed by atoms with Crippen LogP contribution in [0.25, 0.3) is 0 Å². The maximum Gasteiger partial charge on any atom is 0.235 e. The van der Waals surface area contributed by atoms with Gasteiger partial charge in [-0.05, 0) is 12.8 Å². The lowest BCUT2D eigenvalue weighted by molar-refractivity contribution is 0.550. The lowest BCUT2D eigenvalue weighted by atomic mass is 10.2. The summed E-state index contributed by atoms with van der Waals surface area (Å²) in [5, 5.41) is 0. The van der Waals surface area contributed by atoms with Crippen molar-refractivity contribution in [1.29, 1.82) is 0 Å². The van der Waals surface area contributed by atoms with Crippen LogP contribution in [-0.2, 0) is 4.79 Å². The summed E-state index contributed by atoms with van der Waals surface area (Å²) < 4.78 is 0. The number of alkyl halides is 1. The summed E-state index contributed by atoms with van der Waals surface area (Å²) in [5.41, 5.74) is 0. The molecule has 0 aromatic heterocycles. The third-order valence-corrected chi connectivity index (χ3v) is 1.37. The molecule has 0 aliphatic heterocycles. The van der Waals surface area contributed by atoms with Crippen molar-refractivity contribution in [1.82, 2.24) is 0 Å². The summed E-state index contributed by atoms with van der Waals surface area (Å²) in [6, 6.07) is 0.0833. The fourth-order valence-corrected chi connectivity index (χ4v) is 0.812. The van der Waals surface area contributed by atoms with Gasteiger partial charge in [-0.3, -0.25) is 0 Å². The molecule has 9 heavy (non-hydrogen) atoms. The zero-order valence-corrected chi connectivity index (χ0v) is 6.19. The number of isocyanates is 1. The van der Waals surface area contributed by atoms with Crippen LogP contribution in [0.2, 0.25) is 0 Å². The number of hydrogen-bond donors (Lipinski definition) is 0. The summed E-state index contributed by atoms with van der Waals surface area (Å²) >= 11 is 5.42. The van der Waals surface area contributed by atoms with E-state index in [0.29, 0.717) is 5.88 Å². The highest BCUT2D eigenvalue weighted by atomic mass is 35.5. The van der Waals surface area contributed by atoms with Crippen LogP contribution in [0.15, 0.2) is 4.99 Å². The summed E-state index contributed by atoms with van der Waals surface area (Å²) in [5.74, 6) is 0.559. The van der Waals surface area contributed by atoms with E-state index in [-0.39, 0.29) is 6.04 Å². The number of hydrogen-bond acceptors (Lipinski definition) is 2. The number of aliphatic imine (C=N–C) groups is 1. The lowest BCUT2D eigenvalue weighted by Gasteiger charge is -2.01. The maximum absolute atomic E-state index is 9.71. The van der Waals surface area contributed by atoms with Gasteiger partial charge >= 0.3 is 0 Å². The molecule has 1 atom stereocenters. The van der Waals surface area contributed by atoms with Crippen molar-refractivity contribution in [3.8, 4) is 0 Å². The molecule has 52 valence electrons. The molecule has 0 aliphatic carbocycles. The van der Waals surface area contributed by atoms with Gasteiger partial charge in [-0.1, -0.05) is 6.92 Å². The third kappa shape index (κ3) is 4.19. The maximum atomic E-state index is 9.71. The van der Waals surface area contributed by atoms with Gasteiger partial charge in [-0.2, -0.15) is 0 Å². The van der Waals surface area contributed by atoms with Crippen molar-refractivity contribution in [2.45, 2.75) is 25.8 Å². The molecule has 0 rings (SSSR count). The van der Waals surface area contributed by atoms with Crippen LogP contribution in [0.3, 0.4) is 0 Å². The number of nitrogens with zero attached hydrogens (tertiary/aromatic N) is 1. The number of halogens is 1. The molecule has 2 nitrogen and oxygen atoms in total. The van der Waals surface area contributed by atoms with E-state index in [9.17, 15) is 4.79 Å². The molecule has 0 saturated heterocycles. The summed E-state index contributed by atoms with van der Waals surface area (Å²) in [6.45, 7) is 1.97. The Morgan fingerprint density at radius 3 is 2.78 bits per heavy atom. The van der Waals surface area contributed by atoms with Crippen LogP contribution in [0.5, 0.6) is 0 Å². The molecule has 0 spiro atoms. The number of rotatable bonds is 4. The average molecular weight is 148 g/mol. The van der Waals surface area contributed by atoms with Crippen molar-refractivity contribution in [3.63, 3.8) is 0 Å². The van der Waals surface area contributed by atoms with Crippen LogP contribution in [0.4, 0.5) is 0 Å². The third-order valence-electron chi connectivity index (χ3n) is 1.15. The van der Waals surface area contributed by atoms with Gasteiger partial charge in [0.05, 0.1) is 6.04 Å². The Kier molecular flexibility index (Phi) is 5.59. The fourth-order valence-electron chi connectivity index (χ4n) is 0.560. The van der Waals surface area contributed by atoms with E-state index in [1.54, 1.807) is 0 Å². The highest BCUT2D eigenvalue weighted by molar-refractivity contribution is 6.17. The fraction of sp³-hybridized carbons (Fsp3) is 0.833. The summed E-state index contributed by atoms with van der Waals surface area (Å²) in [7, 11) is 0. The van der Waals surface area contributed by atoms with Crippen LogP contribution in [0.1, 0.15) is 19.8 Å². The van der Waals surface area contributed by atoms with E-state index in [1.807, 2.05) is 6.92 Å². The van der Waals surface area contributed by atoms with Crippen molar-refractivity contribution in [2.75, 3.05) is 5.88 Å². The Bertz CT molecular complexity index is 110. The van der Waals surface area contributed by atoms with E-state index in [4.69, 9.17) is 11.6 Å². The molecular weight excluding hydrogens is 138 g/mol. The van der Waals surface area contributed by atoms with E-state index in [1.165, 1.54) is 6.08 Å². The molecule has 0 bridgehead atoms. The second-order valence-electron chi connectivity index (χ2n) is 1.76. The lowest BCUT2D eigenvalue weighted by Crippen LogP contribution is -2.01. The van der Waals surface area contributed by atoms with Gasteiger partial charge < -0.3 is 0 Å². The molecule has 1 unspecified atom stereocenters. The van der Waals surface area contributed by atoms with Gasteiger partial charge in [0.1, 0.15) is 0 Å². The Labute approximate surface area is 59.9 Å². The molecular formula is C6H10ClNO. The standard InChI is InChI=1S/C6H10ClNO/c1-2-6(3-4-7)8-5-9/h6H,2-4H2,1H3. The molecule has 0 aromatic carbocycles. The van der Waals surface area contributed by atoms with Crippen molar-refractivity contribution >= 4 is 17.7 Å². The minimum Gasteiger partial charge on any atom is -0.211 e. The minimum absolute atomic E-state index is 0.0833. The molecule has 0 saturated carbocycles. The van der Waals surface area contributed by atoms with Gasteiger partial charge in [0, 0.05) is 5.88 Å². The second-order valence-corrected chi connectivity index (χ2v) is 2.14. The van der Waals surface area contributed by atoms with E-state index in [0.717, 1.165) is 12.8 Å². The minimum atomic E-state index is 0.0833. The molecule has 0 aliphatic rings. The summed E-state index contributed by atoms with van der Waals surface area (Å²) in [6.07, 6.45) is 3.15. The summed E-state index contributed by atoms with van der Waals surface area (Å²) in [4.78, 5) is 13.3. The zero-order chi connectivity index (χ0) is 7.11. The van der Waals surface area contributed by atoms with Crippen LogP contribution < -0.4 is 0 Å². The first-order valence-electron chi connectivity index (χ1n) is 2.98. The first kappa shape index (κ1) is 8.67. The van der Waals surface area contributed by atoms with Crippen LogP contribution in [-0.4, -0.2) is 18.0 Å². The Hall–Kier alpha value is -0.330. The number of carbonyl (C=O) groups excluding carboxylic acids is 1. The van der Waals surface area contributed by atoms with Gasteiger partial charge in [-0.25, -0.2) is 9.79 Å². The van der Waals surface area contributed by atoms with E-state index < -0.39 is 0 Å². The van der Waals surface area contributed by atoms with E-state index >= 15 is 0 Å². The van der Waals surface area contributed by atoms with Crippen molar-refractivity contribution < 1.29 is 4.79 Å². The highest BCUT2D eigenvalue weighted by Gasteiger charge is 2.00. The Morgan fingerprint density at radius 2 is 2.44 bits per heavy atom. The topological polar surface area (TPSA) is 29.4 Å². The quantitative estimate of drug-likeness (QED) is 0.338. The Morgan fingerprint density at radius 1 is 1.78 bits per heavy atom. The van der Waals surface area contributed by atoms with E-state index in [2.05, 4.69) is 4.99 Å². The first-order chi connectivity index (χ1) is 4.35. The van der Waals surface area contributed by atoms with Crippen molar-refractivity contribution in [2.24, 2.45) is 4.99 Å². The molecule has 0 N–H and O–H groups in total. The van der Waals surface area contributed by atoms with Crippen molar-refractivity contribution in [3.05, 3.63) is 0 Å². The van der Waals surface area contributed by atoms with Gasteiger partial charge in [0.25, 0.3) is 0 Å². The molecule has 0 aromatic rings. The predicted molar refractivity (Wildman–Crippen MR) is 37.5 cm³/mol. The van der Waals surface area contributed by atoms with Gasteiger partial charge in [0.15, 0.2) is 0 Å². The monoisotopic (exact) mass is 147 g/mol. The SMILES string of the molecule is CCC(CCCl)N=C=O. The normalized spacial score (nSPS) is 12.2. The largest absolute Gasteiger partial charge is 0.235 e. The molecule has 0 amide bonds. The molecule has 0 fully saturated rings. The smallest absolute Gasteiger partial charge is 0.211 e. The highest BCUT2D eigenvalue weighted by Crippen LogP contribution is 2.02. The molecule has 3 heteroatoms. The Balaban J connectivity index is 3.53. The van der Waals surface area contributed by atoms with Gasteiger partial charge in [-0.15, -0.1) is 11.6 Å².